The molecular formula is C27H28F2N4O2. The average Bonchev–Trinajstić information content (AvgIpc) is 2.86. The molecule has 5 rings (SSSR count). The second-order valence-corrected chi connectivity index (χ2v) is 9.39. The lowest BCUT2D eigenvalue weighted by molar-refractivity contribution is 0.0112. The number of aromatic nitrogens is 1. The van der Waals surface area contributed by atoms with Gasteiger partial charge < -0.3 is 20.7 Å². The molecule has 0 spiro atoms. The molecule has 0 bridgehead atoms. The van der Waals surface area contributed by atoms with E-state index in [2.05, 4.69) is 24.1 Å². The van der Waals surface area contributed by atoms with Gasteiger partial charge in [0.25, 0.3) is 5.91 Å². The number of nitrogens with one attached hydrogen (secondary N) is 1. The number of nitrogen functional groups attached to an aromatic ring is 1. The molecule has 1 unspecified atom stereocenters. The van der Waals surface area contributed by atoms with Crippen molar-refractivity contribution in [3.05, 3.63) is 65.4 Å². The van der Waals surface area contributed by atoms with E-state index in [1.54, 1.807) is 30.3 Å². The molecular weight excluding hydrogens is 450 g/mol. The van der Waals surface area contributed by atoms with Gasteiger partial charge in [-0.2, -0.15) is 0 Å². The van der Waals surface area contributed by atoms with Crippen LogP contribution in [0, 0.1) is 17.6 Å². The lowest BCUT2D eigenvalue weighted by atomic mass is 9.94. The smallest absolute Gasteiger partial charge is 0.251 e. The Balaban J connectivity index is 1.49. The lowest BCUT2D eigenvalue weighted by Crippen LogP contribution is -2.45. The highest BCUT2D eigenvalue weighted by Crippen LogP contribution is 2.35. The Morgan fingerprint density at radius 1 is 1.09 bits per heavy atom. The van der Waals surface area contributed by atoms with Crippen LogP contribution in [0.2, 0.25) is 0 Å². The van der Waals surface area contributed by atoms with Gasteiger partial charge in [0.05, 0.1) is 18.4 Å². The Kier molecular flexibility index (Phi) is 6.15. The van der Waals surface area contributed by atoms with Crippen LogP contribution in [0.5, 0.6) is 0 Å². The van der Waals surface area contributed by atoms with Gasteiger partial charge in [0, 0.05) is 48.1 Å². The molecule has 182 valence electrons. The number of hydrogen-bond donors (Lipinski definition) is 2. The van der Waals surface area contributed by atoms with Gasteiger partial charge in [0.2, 0.25) is 0 Å². The summed E-state index contributed by atoms with van der Waals surface area (Å²) in [5.41, 5.74) is 9.86. The van der Waals surface area contributed by atoms with Crippen molar-refractivity contribution in [1.29, 1.82) is 0 Å². The van der Waals surface area contributed by atoms with Gasteiger partial charge in [-0.3, -0.25) is 4.79 Å². The molecule has 2 aliphatic heterocycles. The Morgan fingerprint density at radius 3 is 2.69 bits per heavy atom. The molecule has 1 saturated heterocycles. The molecule has 3 heterocycles. The maximum absolute atomic E-state index is 15.3. The number of hydrogen-bond acceptors (Lipinski definition) is 5. The Labute approximate surface area is 203 Å². The van der Waals surface area contributed by atoms with Crippen LogP contribution in [0.15, 0.2) is 42.6 Å². The fourth-order valence-corrected chi connectivity index (χ4v) is 4.75. The summed E-state index contributed by atoms with van der Waals surface area (Å²) in [7, 11) is 0. The van der Waals surface area contributed by atoms with Gasteiger partial charge in [0.15, 0.2) is 11.6 Å². The number of morpholine rings is 1. The summed E-state index contributed by atoms with van der Waals surface area (Å²) in [6.45, 7) is 6.16. The summed E-state index contributed by atoms with van der Waals surface area (Å²) >= 11 is 0. The molecule has 35 heavy (non-hydrogen) atoms. The first-order valence-electron chi connectivity index (χ1n) is 11.9. The molecule has 3 aromatic rings. The Bertz CT molecular complexity index is 1290. The number of nitrogens with zero attached hydrogens (tertiary/aromatic N) is 2. The van der Waals surface area contributed by atoms with Gasteiger partial charge in [-0.15, -0.1) is 0 Å². The van der Waals surface area contributed by atoms with E-state index in [4.69, 9.17) is 10.5 Å². The quantitative estimate of drug-likeness (QED) is 0.580. The second-order valence-electron chi connectivity index (χ2n) is 9.39. The van der Waals surface area contributed by atoms with E-state index in [0.29, 0.717) is 49.4 Å². The largest absolute Gasteiger partial charge is 0.383 e. The highest BCUT2D eigenvalue weighted by molar-refractivity contribution is 5.97. The number of amides is 1. The van der Waals surface area contributed by atoms with Crippen LogP contribution in [0.25, 0.3) is 22.3 Å². The predicted octanol–water partition coefficient (Wildman–Crippen LogP) is 4.42. The minimum atomic E-state index is -0.922. The minimum Gasteiger partial charge on any atom is -0.383 e. The van der Waals surface area contributed by atoms with Crippen LogP contribution in [-0.2, 0) is 11.2 Å². The number of fused-ring (bicyclic) bond motifs is 1. The summed E-state index contributed by atoms with van der Waals surface area (Å²) in [6.07, 6.45) is 2.13. The van der Waals surface area contributed by atoms with Gasteiger partial charge in [-0.25, -0.2) is 13.8 Å². The summed E-state index contributed by atoms with van der Waals surface area (Å²) in [4.78, 5) is 18.2. The lowest BCUT2D eigenvalue weighted by Gasteiger charge is -2.36. The first-order valence-corrected chi connectivity index (χ1v) is 11.9. The molecule has 2 aromatic carbocycles. The number of anilines is 2. The summed E-state index contributed by atoms with van der Waals surface area (Å²) in [6, 6.07) is 10.4. The predicted molar refractivity (Wildman–Crippen MR) is 132 cm³/mol. The molecule has 1 aromatic heterocycles. The number of pyridine rings is 1. The van der Waals surface area contributed by atoms with Crippen LogP contribution in [-0.4, -0.2) is 43.2 Å². The van der Waals surface area contributed by atoms with Crippen molar-refractivity contribution >= 4 is 17.4 Å². The number of ether oxygens (including phenoxy) is 1. The molecule has 3 N–H and O–H groups in total. The molecule has 0 aliphatic carbocycles. The minimum absolute atomic E-state index is 0.0302. The average molecular weight is 479 g/mol. The first kappa shape index (κ1) is 23.2. The molecule has 0 saturated carbocycles. The van der Waals surface area contributed by atoms with Gasteiger partial charge >= 0.3 is 0 Å². The molecule has 0 radical (unpaired) electrons. The van der Waals surface area contributed by atoms with Gasteiger partial charge in [0.1, 0.15) is 5.82 Å². The molecule has 1 amide bonds. The highest BCUT2D eigenvalue weighted by Gasteiger charge is 2.27. The Hall–Kier alpha value is -3.52. The number of carbonyl (C=O) groups is 1. The zero-order valence-electron chi connectivity index (χ0n) is 19.8. The standard InChI is InChI=1S/C27H28F2N4O2/c1-15(2)23-14-33(9-10-35-23)22-6-5-19(24(28)25(22)29)18-12-21(26(30)32-13-18)16-3-4-20-17(11-16)7-8-31-27(20)34/h3-6,11-13,15,23H,7-10,14H2,1-2H3,(H2,30,32)(H,31,34). The van der Waals surface area contributed by atoms with Crippen molar-refractivity contribution in [3.8, 4) is 22.3 Å². The van der Waals surface area contributed by atoms with Crippen LogP contribution in [0.3, 0.4) is 0 Å². The zero-order chi connectivity index (χ0) is 24.7. The SMILES string of the molecule is CC(C)C1CN(c2ccc(-c3cnc(N)c(-c4ccc5c(c4)CCNC5=O)c3)c(F)c2F)CCO1. The third-order valence-corrected chi connectivity index (χ3v) is 6.81. The molecule has 1 fully saturated rings. The highest BCUT2D eigenvalue weighted by atomic mass is 19.2. The van der Waals surface area contributed by atoms with Crippen molar-refractivity contribution in [2.45, 2.75) is 26.4 Å². The van der Waals surface area contributed by atoms with Crippen molar-refractivity contribution in [3.63, 3.8) is 0 Å². The third-order valence-electron chi connectivity index (χ3n) is 6.81. The summed E-state index contributed by atoms with van der Waals surface area (Å²) in [5.74, 6) is -1.35. The van der Waals surface area contributed by atoms with E-state index >= 15 is 8.78 Å². The van der Waals surface area contributed by atoms with Crippen molar-refractivity contribution in [2.75, 3.05) is 36.9 Å². The maximum atomic E-state index is 15.3. The number of benzene rings is 2. The third kappa shape index (κ3) is 4.34. The van der Waals surface area contributed by atoms with Crippen molar-refractivity contribution < 1.29 is 18.3 Å². The van der Waals surface area contributed by atoms with E-state index < -0.39 is 11.6 Å². The summed E-state index contributed by atoms with van der Waals surface area (Å²) < 4.78 is 36.3. The number of nitrogens with two attached hydrogens (primary N) is 1. The number of carbonyl (C=O) groups excluding carboxylic acids is 1. The van der Waals surface area contributed by atoms with E-state index in [-0.39, 0.29) is 35.0 Å². The summed E-state index contributed by atoms with van der Waals surface area (Å²) in [5, 5.41) is 2.82. The van der Waals surface area contributed by atoms with E-state index in [0.717, 1.165) is 11.1 Å². The molecule has 1 atom stereocenters. The van der Waals surface area contributed by atoms with Crippen LogP contribution in [0.4, 0.5) is 20.3 Å². The normalized spacial score (nSPS) is 17.9. The second kappa shape index (κ2) is 9.26. The molecule has 8 heteroatoms. The van der Waals surface area contributed by atoms with Crippen LogP contribution >= 0.6 is 0 Å². The van der Waals surface area contributed by atoms with E-state index in [9.17, 15) is 4.79 Å². The van der Waals surface area contributed by atoms with E-state index in [1.807, 2.05) is 11.0 Å². The molecule has 2 aliphatic rings. The number of rotatable bonds is 4. The first-order chi connectivity index (χ1) is 16.8. The maximum Gasteiger partial charge on any atom is 0.251 e. The van der Waals surface area contributed by atoms with Crippen molar-refractivity contribution in [2.24, 2.45) is 5.92 Å². The van der Waals surface area contributed by atoms with E-state index in [1.165, 1.54) is 6.20 Å². The van der Waals surface area contributed by atoms with Crippen molar-refractivity contribution in [1.82, 2.24) is 10.3 Å². The number of halogens is 2. The van der Waals surface area contributed by atoms with Gasteiger partial charge in [-0.1, -0.05) is 26.0 Å². The molecule has 6 nitrogen and oxygen atoms in total. The van der Waals surface area contributed by atoms with Crippen LogP contribution in [0.1, 0.15) is 29.8 Å². The van der Waals surface area contributed by atoms with Gasteiger partial charge in [-0.05, 0) is 47.7 Å². The zero-order valence-corrected chi connectivity index (χ0v) is 19.8. The monoisotopic (exact) mass is 478 g/mol. The fraction of sp³-hybridized carbons (Fsp3) is 0.333. The topological polar surface area (TPSA) is 80.5 Å². The van der Waals surface area contributed by atoms with Crippen LogP contribution < -0.4 is 16.0 Å². The fourth-order valence-electron chi connectivity index (χ4n) is 4.75. The Morgan fingerprint density at radius 2 is 1.89 bits per heavy atom.